The normalized spacial score (nSPS) is 28.1. The fourth-order valence-electron chi connectivity index (χ4n) is 2.31. The number of aliphatic imine (C=N–C) groups is 1. The summed E-state index contributed by atoms with van der Waals surface area (Å²) in [6, 6.07) is 0. The largest absolute Gasteiger partial charge is 0.365 e. The first-order chi connectivity index (χ1) is 7.78. The van der Waals surface area contributed by atoms with E-state index in [0.29, 0.717) is 5.25 Å². The summed E-state index contributed by atoms with van der Waals surface area (Å²) in [5.41, 5.74) is 0. The smallest absolute Gasteiger partial charge is 0.156 e. The van der Waals surface area contributed by atoms with Crippen molar-refractivity contribution >= 4 is 16.9 Å². The molecule has 2 aliphatic rings. The first-order valence-electron chi connectivity index (χ1n) is 6.45. The van der Waals surface area contributed by atoms with Crippen LogP contribution < -0.4 is 5.32 Å². The lowest BCUT2D eigenvalue weighted by Gasteiger charge is -2.31. The summed E-state index contributed by atoms with van der Waals surface area (Å²) in [4.78, 5) is 7.03. The van der Waals surface area contributed by atoms with Crippen LogP contribution in [0.3, 0.4) is 0 Å². The van der Waals surface area contributed by atoms with Gasteiger partial charge in [0.15, 0.2) is 5.17 Å². The second kappa shape index (κ2) is 5.92. The van der Waals surface area contributed by atoms with Gasteiger partial charge in [0.2, 0.25) is 0 Å². The molecule has 0 aromatic rings. The zero-order valence-corrected chi connectivity index (χ0v) is 11.2. The van der Waals surface area contributed by atoms with Crippen LogP contribution in [0.25, 0.3) is 0 Å². The maximum atomic E-state index is 4.49. The van der Waals surface area contributed by atoms with Crippen molar-refractivity contribution < 1.29 is 0 Å². The van der Waals surface area contributed by atoms with E-state index >= 15 is 0 Å². The molecule has 0 aliphatic carbocycles. The fraction of sp³-hybridized carbons (Fsp3) is 0.917. The molecule has 0 aromatic carbocycles. The van der Waals surface area contributed by atoms with Gasteiger partial charge in [0.05, 0.1) is 6.54 Å². The predicted octanol–water partition coefficient (Wildman–Crippen LogP) is 1.80. The van der Waals surface area contributed by atoms with E-state index in [1.807, 2.05) is 11.8 Å². The van der Waals surface area contributed by atoms with Gasteiger partial charge in [-0.2, -0.15) is 0 Å². The molecule has 4 heteroatoms. The third-order valence-electron chi connectivity index (χ3n) is 3.50. The summed E-state index contributed by atoms with van der Waals surface area (Å²) in [5, 5.41) is 5.35. The average Bonchev–Trinajstić information content (AvgIpc) is 2.73. The van der Waals surface area contributed by atoms with E-state index < -0.39 is 0 Å². The van der Waals surface area contributed by atoms with Crippen molar-refractivity contribution in [3.63, 3.8) is 0 Å². The number of hydrogen-bond donors (Lipinski definition) is 1. The topological polar surface area (TPSA) is 27.6 Å². The second-order valence-electron chi connectivity index (χ2n) is 4.83. The molecule has 0 saturated carbocycles. The minimum atomic E-state index is 0.671. The molecule has 1 N–H and O–H groups in total. The quantitative estimate of drug-likeness (QED) is 0.816. The lowest BCUT2D eigenvalue weighted by Crippen LogP contribution is -2.37. The highest BCUT2D eigenvalue weighted by Crippen LogP contribution is 2.20. The SMILES string of the molecule is CCN1CCC(CNC2=NCC(C)S2)CC1. The third-order valence-corrected chi connectivity index (χ3v) is 4.55. The molecule has 3 nitrogen and oxygen atoms in total. The van der Waals surface area contributed by atoms with E-state index in [1.165, 1.54) is 37.6 Å². The van der Waals surface area contributed by atoms with E-state index in [2.05, 4.69) is 29.1 Å². The van der Waals surface area contributed by atoms with E-state index in [1.54, 1.807) is 0 Å². The predicted molar refractivity (Wildman–Crippen MR) is 72.2 cm³/mol. The van der Waals surface area contributed by atoms with Crippen LogP contribution in [-0.2, 0) is 0 Å². The molecule has 0 radical (unpaired) electrons. The van der Waals surface area contributed by atoms with Crippen LogP contribution >= 0.6 is 11.8 Å². The molecule has 2 heterocycles. The monoisotopic (exact) mass is 241 g/mol. The maximum absolute atomic E-state index is 4.49. The van der Waals surface area contributed by atoms with Crippen LogP contribution in [0.5, 0.6) is 0 Å². The molecular weight excluding hydrogens is 218 g/mol. The van der Waals surface area contributed by atoms with Crippen molar-refractivity contribution in [1.82, 2.24) is 10.2 Å². The molecule has 0 aromatic heterocycles. The van der Waals surface area contributed by atoms with Crippen molar-refractivity contribution in [2.75, 3.05) is 32.7 Å². The third kappa shape index (κ3) is 3.39. The summed E-state index contributed by atoms with van der Waals surface area (Å²) in [6.07, 6.45) is 2.68. The van der Waals surface area contributed by atoms with Gasteiger partial charge in [0.1, 0.15) is 0 Å². The maximum Gasteiger partial charge on any atom is 0.156 e. The van der Waals surface area contributed by atoms with Crippen molar-refractivity contribution in [2.45, 2.75) is 31.9 Å². The van der Waals surface area contributed by atoms with Gasteiger partial charge < -0.3 is 10.2 Å². The molecule has 1 saturated heterocycles. The molecule has 1 unspecified atom stereocenters. The zero-order chi connectivity index (χ0) is 11.4. The Kier molecular flexibility index (Phi) is 4.53. The van der Waals surface area contributed by atoms with Crippen molar-refractivity contribution in [3.8, 4) is 0 Å². The van der Waals surface area contributed by atoms with Crippen LogP contribution in [0.15, 0.2) is 4.99 Å². The van der Waals surface area contributed by atoms with Gasteiger partial charge in [0, 0.05) is 11.8 Å². The molecule has 2 rings (SSSR count). The van der Waals surface area contributed by atoms with Crippen LogP contribution in [0.4, 0.5) is 0 Å². The summed E-state index contributed by atoms with van der Waals surface area (Å²) >= 11 is 1.89. The van der Waals surface area contributed by atoms with E-state index in [9.17, 15) is 0 Å². The van der Waals surface area contributed by atoms with Gasteiger partial charge in [-0.1, -0.05) is 25.6 Å². The molecule has 92 valence electrons. The number of hydrogen-bond acceptors (Lipinski definition) is 4. The highest BCUT2D eigenvalue weighted by molar-refractivity contribution is 8.14. The molecule has 0 spiro atoms. The van der Waals surface area contributed by atoms with Gasteiger partial charge >= 0.3 is 0 Å². The van der Waals surface area contributed by atoms with Crippen LogP contribution in [-0.4, -0.2) is 48.0 Å². The van der Waals surface area contributed by atoms with Gasteiger partial charge in [-0.05, 0) is 38.4 Å². The minimum Gasteiger partial charge on any atom is -0.365 e. The fourth-order valence-corrected chi connectivity index (χ4v) is 3.16. The van der Waals surface area contributed by atoms with E-state index in [0.717, 1.165) is 19.0 Å². The van der Waals surface area contributed by atoms with Crippen molar-refractivity contribution in [3.05, 3.63) is 0 Å². The molecule has 1 fully saturated rings. The Bertz CT molecular complexity index is 247. The first-order valence-corrected chi connectivity index (χ1v) is 7.33. The standard InChI is InChI=1S/C12H23N3S/c1-3-15-6-4-11(5-7-15)9-14-12-13-8-10(2)16-12/h10-11H,3-9H2,1-2H3,(H,13,14). The van der Waals surface area contributed by atoms with Crippen LogP contribution in [0.2, 0.25) is 0 Å². The Morgan fingerprint density at radius 1 is 1.44 bits per heavy atom. The Balaban J connectivity index is 1.64. The second-order valence-corrected chi connectivity index (χ2v) is 6.26. The Morgan fingerprint density at radius 2 is 2.19 bits per heavy atom. The van der Waals surface area contributed by atoms with Crippen molar-refractivity contribution in [1.29, 1.82) is 0 Å². The van der Waals surface area contributed by atoms with E-state index in [-0.39, 0.29) is 0 Å². The number of piperidine rings is 1. The lowest BCUT2D eigenvalue weighted by atomic mass is 9.97. The van der Waals surface area contributed by atoms with Crippen LogP contribution in [0, 0.1) is 5.92 Å². The van der Waals surface area contributed by atoms with Gasteiger partial charge in [-0.3, -0.25) is 4.99 Å². The van der Waals surface area contributed by atoms with Crippen LogP contribution in [0.1, 0.15) is 26.7 Å². The first kappa shape index (κ1) is 12.2. The average molecular weight is 241 g/mol. The number of nitrogens with zero attached hydrogens (tertiary/aromatic N) is 2. The van der Waals surface area contributed by atoms with Gasteiger partial charge in [-0.25, -0.2) is 0 Å². The molecule has 0 amide bonds. The molecular formula is C12H23N3S. The summed E-state index contributed by atoms with van der Waals surface area (Å²) in [6.45, 7) is 10.4. The van der Waals surface area contributed by atoms with E-state index in [4.69, 9.17) is 0 Å². The number of rotatable bonds is 3. The lowest BCUT2D eigenvalue weighted by molar-refractivity contribution is 0.193. The van der Waals surface area contributed by atoms with Gasteiger partial charge in [-0.15, -0.1) is 0 Å². The number of likely N-dealkylation sites (tertiary alicyclic amines) is 1. The number of thioether (sulfide) groups is 1. The number of amidine groups is 1. The van der Waals surface area contributed by atoms with Gasteiger partial charge in [0.25, 0.3) is 0 Å². The highest BCUT2D eigenvalue weighted by Gasteiger charge is 2.20. The highest BCUT2D eigenvalue weighted by atomic mass is 32.2. The Labute approximate surface area is 103 Å². The minimum absolute atomic E-state index is 0.671. The van der Waals surface area contributed by atoms with Crippen molar-refractivity contribution in [2.24, 2.45) is 10.9 Å². The Morgan fingerprint density at radius 3 is 2.75 bits per heavy atom. The summed E-state index contributed by atoms with van der Waals surface area (Å²) in [7, 11) is 0. The molecule has 1 atom stereocenters. The summed E-state index contributed by atoms with van der Waals surface area (Å²) in [5.74, 6) is 0.849. The molecule has 16 heavy (non-hydrogen) atoms. The summed E-state index contributed by atoms with van der Waals surface area (Å²) < 4.78 is 0. The zero-order valence-electron chi connectivity index (χ0n) is 10.4. The molecule has 0 bridgehead atoms. The Hall–Kier alpha value is -0.220. The number of nitrogens with one attached hydrogen (secondary N) is 1. The molecule has 2 aliphatic heterocycles.